The minimum absolute atomic E-state index is 0.498. The van der Waals surface area contributed by atoms with Gasteiger partial charge in [0.1, 0.15) is 6.17 Å². The molecule has 0 aromatic carbocycles. The van der Waals surface area contributed by atoms with E-state index in [2.05, 4.69) is 4.90 Å². The molecule has 1 saturated heterocycles. The Hall–Kier alpha value is -0.110. The summed E-state index contributed by atoms with van der Waals surface area (Å²) in [5.41, 5.74) is 0. The van der Waals surface area contributed by atoms with E-state index in [1.165, 1.54) is 71.0 Å². The van der Waals surface area contributed by atoms with Crippen molar-refractivity contribution in [1.29, 1.82) is 0 Å². The van der Waals surface area contributed by atoms with Crippen LogP contribution in [0.3, 0.4) is 0 Å². The molecule has 0 radical (unpaired) electrons. The minimum atomic E-state index is -0.498. The van der Waals surface area contributed by atoms with Gasteiger partial charge in [-0.2, -0.15) is 0 Å². The van der Waals surface area contributed by atoms with Crippen LogP contribution in [0.4, 0.5) is 4.39 Å². The fourth-order valence-corrected chi connectivity index (χ4v) is 4.97. The summed E-state index contributed by atoms with van der Waals surface area (Å²) in [7, 11) is 0. The highest BCUT2D eigenvalue weighted by atomic mass is 19.1. The van der Waals surface area contributed by atoms with Gasteiger partial charge in [0.05, 0.1) is 0 Å². The number of likely N-dealkylation sites (tertiary alicyclic amines) is 1. The first-order valence-corrected chi connectivity index (χ1v) is 9.66. The monoisotopic (exact) mass is 295 g/mol. The van der Waals surface area contributed by atoms with Gasteiger partial charge < -0.3 is 4.90 Å². The summed E-state index contributed by atoms with van der Waals surface area (Å²) in [5, 5.41) is 0. The predicted octanol–water partition coefficient (Wildman–Crippen LogP) is 5.20. The Labute approximate surface area is 130 Å². The maximum Gasteiger partial charge on any atom is 0.100 e. The summed E-state index contributed by atoms with van der Waals surface area (Å²) in [5.74, 6) is 2.84. The summed E-state index contributed by atoms with van der Waals surface area (Å²) in [4.78, 5) is 2.68. The zero-order chi connectivity index (χ0) is 14.5. The summed E-state index contributed by atoms with van der Waals surface area (Å²) in [6.45, 7) is 3.88. The molecular weight excluding hydrogens is 261 g/mol. The van der Waals surface area contributed by atoms with Crippen molar-refractivity contribution in [1.82, 2.24) is 4.90 Å². The molecule has 0 N–H and O–H groups in total. The first-order chi connectivity index (χ1) is 10.3. The van der Waals surface area contributed by atoms with Gasteiger partial charge in [-0.15, -0.1) is 0 Å². The molecule has 0 unspecified atom stereocenters. The molecule has 21 heavy (non-hydrogen) atoms. The minimum Gasteiger partial charge on any atom is -0.303 e. The van der Waals surface area contributed by atoms with E-state index in [1.54, 1.807) is 0 Å². The van der Waals surface area contributed by atoms with Gasteiger partial charge in [-0.3, -0.25) is 0 Å². The molecule has 1 aliphatic heterocycles. The number of alkyl halides is 1. The second-order valence-electron chi connectivity index (χ2n) is 8.10. The Morgan fingerprint density at radius 2 is 1.29 bits per heavy atom. The second-order valence-corrected chi connectivity index (χ2v) is 8.10. The van der Waals surface area contributed by atoms with Gasteiger partial charge in [-0.25, -0.2) is 4.39 Å². The van der Waals surface area contributed by atoms with Crippen molar-refractivity contribution in [2.24, 2.45) is 17.8 Å². The molecule has 0 bridgehead atoms. The Kier molecular flexibility index (Phi) is 5.97. The SMILES string of the molecule is FC1CCC(CN2CCC(CC3CCCCC3)CC2)CC1. The van der Waals surface area contributed by atoms with Crippen LogP contribution >= 0.6 is 0 Å². The van der Waals surface area contributed by atoms with E-state index in [-0.39, 0.29) is 0 Å². The maximum absolute atomic E-state index is 13.2. The molecule has 0 aromatic rings. The third-order valence-corrected chi connectivity index (χ3v) is 6.39. The van der Waals surface area contributed by atoms with Crippen LogP contribution in [0.15, 0.2) is 0 Å². The third-order valence-electron chi connectivity index (χ3n) is 6.39. The van der Waals surface area contributed by atoms with Crippen LogP contribution in [0.1, 0.15) is 77.0 Å². The van der Waals surface area contributed by atoms with Crippen molar-refractivity contribution in [2.45, 2.75) is 83.2 Å². The lowest BCUT2D eigenvalue weighted by molar-refractivity contribution is 0.116. The number of hydrogen-bond acceptors (Lipinski definition) is 1. The van der Waals surface area contributed by atoms with Gasteiger partial charge in [-0.05, 0) is 75.8 Å². The number of nitrogens with zero attached hydrogens (tertiary/aromatic N) is 1. The molecule has 1 heterocycles. The lowest BCUT2D eigenvalue weighted by atomic mass is 9.79. The Morgan fingerprint density at radius 3 is 1.95 bits per heavy atom. The quantitative estimate of drug-likeness (QED) is 0.689. The lowest BCUT2D eigenvalue weighted by Gasteiger charge is -2.37. The standard InChI is InChI=1S/C19H34FN/c20-19-8-6-18(7-9-19)15-21-12-10-17(11-13-21)14-16-4-2-1-3-5-16/h16-19H,1-15H2. The molecule has 3 fully saturated rings. The van der Waals surface area contributed by atoms with Crippen LogP contribution in [0.2, 0.25) is 0 Å². The van der Waals surface area contributed by atoms with Crippen LogP contribution in [0.25, 0.3) is 0 Å². The smallest absolute Gasteiger partial charge is 0.100 e. The van der Waals surface area contributed by atoms with Crippen molar-refractivity contribution in [3.63, 3.8) is 0 Å². The van der Waals surface area contributed by atoms with Gasteiger partial charge in [-0.1, -0.05) is 32.1 Å². The summed E-state index contributed by atoms with van der Waals surface area (Å²) in [6.07, 6.45) is 15.2. The average Bonchev–Trinajstić information content (AvgIpc) is 2.53. The lowest BCUT2D eigenvalue weighted by Crippen LogP contribution is -2.38. The first kappa shape index (κ1) is 15.8. The summed E-state index contributed by atoms with van der Waals surface area (Å²) < 4.78 is 13.2. The molecule has 1 nitrogen and oxygen atoms in total. The number of piperidine rings is 1. The van der Waals surface area contributed by atoms with Crippen LogP contribution in [0.5, 0.6) is 0 Å². The van der Waals surface area contributed by atoms with E-state index in [0.717, 1.165) is 43.4 Å². The van der Waals surface area contributed by atoms with Crippen molar-refractivity contribution in [3.05, 3.63) is 0 Å². The van der Waals surface area contributed by atoms with Crippen LogP contribution in [-0.2, 0) is 0 Å². The molecule has 0 atom stereocenters. The normalized spacial score (nSPS) is 34.1. The number of rotatable bonds is 4. The Bertz CT molecular complexity index is 284. The fourth-order valence-electron chi connectivity index (χ4n) is 4.97. The highest BCUT2D eigenvalue weighted by molar-refractivity contribution is 4.80. The van der Waals surface area contributed by atoms with Crippen molar-refractivity contribution in [2.75, 3.05) is 19.6 Å². The highest BCUT2D eigenvalue weighted by Gasteiger charge is 2.26. The van der Waals surface area contributed by atoms with Crippen LogP contribution in [-0.4, -0.2) is 30.7 Å². The van der Waals surface area contributed by atoms with Crippen molar-refractivity contribution >= 4 is 0 Å². The Morgan fingerprint density at radius 1 is 0.667 bits per heavy atom. The largest absolute Gasteiger partial charge is 0.303 e. The molecule has 0 amide bonds. The fraction of sp³-hybridized carbons (Fsp3) is 1.00. The molecule has 3 rings (SSSR count). The van der Waals surface area contributed by atoms with E-state index in [1.807, 2.05) is 0 Å². The highest BCUT2D eigenvalue weighted by Crippen LogP contribution is 2.33. The van der Waals surface area contributed by atoms with E-state index in [0.29, 0.717) is 0 Å². The molecule has 122 valence electrons. The van der Waals surface area contributed by atoms with E-state index >= 15 is 0 Å². The average molecular weight is 295 g/mol. The Balaban J connectivity index is 1.33. The third kappa shape index (κ3) is 4.94. The van der Waals surface area contributed by atoms with E-state index in [9.17, 15) is 4.39 Å². The van der Waals surface area contributed by atoms with E-state index in [4.69, 9.17) is 0 Å². The van der Waals surface area contributed by atoms with Crippen molar-refractivity contribution in [3.8, 4) is 0 Å². The maximum atomic E-state index is 13.2. The first-order valence-electron chi connectivity index (χ1n) is 9.66. The molecular formula is C19H34FN. The van der Waals surface area contributed by atoms with Gasteiger partial charge in [0, 0.05) is 6.54 Å². The molecule has 2 aliphatic carbocycles. The van der Waals surface area contributed by atoms with Crippen LogP contribution < -0.4 is 0 Å². The molecule has 0 spiro atoms. The topological polar surface area (TPSA) is 3.24 Å². The zero-order valence-corrected chi connectivity index (χ0v) is 13.7. The second kappa shape index (κ2) is 7.94. The molecule has 0 aromatic heterocycles. The molecule has 2 saturated carbocycles. The molecule has 2 heteroatoms. The molecule has 3 aliphatic rings. The van der Waals surface area contributed by atoms with E-state index < -0.39 is 6.17 Å². The van der Waals surface area contributed by atoms with Crippen LogP contribution in [0, 0.1) is 17.8 Å². The van der Waals surface area contributed by atoms with Gasteiger partial charge in [0.2, 0.25) is 0 Å². The zero-order valence-electron chi connectivity index (χ0n) is 13.7. The number of halogens is 1. The summed E-state index contributed by atoms with van der Waals surface area (Å²) in [6, 6.07) is 0. The predicted molar refractivity (Wildman–Crippen MR) is 87.2 cm³/mol. The van der Waals surface area contributed by atoms with Gasteiger partial charge in [0.25, 0.3) is 0 Å². The number of hydrogen-bond donors (Lipinski definition) is 0. The van der Waals surface area contributed by atoms with Crippen molar-refractivity contribution < 1.29 is 4.39 Å². The van der Waals surface area contributed by atoms with Gasteiger partial charge >= 0.3 is 0 Å². The van der Waals surface area contributed by atoms with Gasteiger partial charge in [0.15, 0.2) is 0 Å². The summed E-state index contributed by atoms with van der Waals surface area (Å²) >= 11 is 0.